The molecule has 0 bridgehead atoms. The Bertz CT molecular complexity index is 655. The second-order valence-electron chi connectivity index (χ2n) is 5.72. The molecule has 0 amide bonds. The summed E-state index contributed by atoms with van der Waals surface area (Å²) in [5, 5.41) is 0.956. The van der Waals surface area contributed by atoms with Crippen molar-refractivity contribution in [2.45, 2.75) is 32.6 Å². The lowest BCUT2D eigenvalue weighted by atomic mass is 9.92. The molecule has 1 aliphatic carbocycles. The van der Waals surface area contributed by atoms with Gasteiger partial charge in [0.25, 0.3) is 0 Å². The van der Waals surface area contributed by atoms with Gasteiger partial charge in [-0.3, -0.25) is 0 Å². The first-order valence-corrected chi connectivity index (χ1v) is 8.24. The first-order chi connectivity index (χ1) is 10.1. The molecule has 3 heteroatoms. The number of anilines is 1. The zero-order valence-corrected chi connectivity index (χ0v) is 13.3. The standard InChI is InChI=1S/C18H21NOS/c1-12(2)11-20-14-9-7-13(8-10-14)17-15-5-3-4-6-16(15)21-18(17)19/h7-10H,1,3-6,11,19H2,2H3. The van der Waals surface area contributed by atoms with E-state index in [4.69, 9.17) is 10.5 Å². The molecule has 1 aliphatic rings. The zero-order chi connectivity index (χ0) is 14.8. The Morgan fingerprint density at radius 1 is 1.24 bits per heavy atom. The topological polar surface area (TPSA) is 35.2 Å². The van der Waals surface area contributed by atoms with Crippen LogP contribution in [0, 0.1) is 0 Å². The van der Waals surface area contributed by atoms with Gasteiger partial charge in [-0.1, -0.05) is 18.7 Å². The van der Waals surface area contributed by atoms with E-state index in [0.29, 0.717) is 6.61 Å². The van der Waals surface area contributed by atoms with Crippen LogP contribution in [-0.2, 0) is 12.8 Å². The average molecular weight is 299 g/mol. The number of nitrogen functional groups attached to an aromatic ring is 1. The summed E-state index contributed by atoms with van der Waals surface area (Å²) in [5.41, 5.74) is 11.2. The van der Waals surface area contributed by atoms with Crippen LogP contribution in [0.15, 0.2) is 36.4 Å². The van der Waals surface area contributed by atoms with Gasteiger partial charge in [0.2, 0.25) is 0 Å². The molecule has 2 aromatic rings. The molecule has 1 aromatic carbocycles. The van der Waals surface area contributed by atoms with Gasteiger partial charge in [0.15, 0.2) is 0 Å². The summed E-state index contributed by atoms with van der Waals surface area (Å²) >= 11 is 1.76. The van der Waals surface area contributed by atoms with Crippen LogP contribution >= 0.6 is 11.3 Å². The third-order valence-electron chi connectivity index (χ3n) is 3.83. The summed E-state index contributed by atoms with van der Waals surface area (Å²) in [6.45, 7) is 6.38. The summed E-state index contributed by atoms with van der Waals surface area (Å²) in [4.78, 5) is 1.48. The van der Waals surface area contributed by atoms with Crippen LogP contribution in [0.5, 0.6) is 5.75 Å². The van der Waals surface area contributed by atoms with Gasteiger partial charge in [-0.05, 0) is 61.4 Å². The molecular weight excluding hydrogens is 278 g/mol. The highest BCUT2D eigenvalue weighted by atomic mass is 32.1. The molecule has 0 fully saturated rings. The molecule has 21 heavy (non-hydrogen) atoms. The fourth-order valence-electron chi connectivity index (χ4n) is 2.83. The smallest absolute Gasteiger partial charge is 0.119 e. The van der Waals surface area contributed by atoms with E-state index in [9.17, 15) is 0 Å². The van der Waals surface area contributed by atoms with Gasteiger partial charge in [-0.15, -0.1) is 11.3 Å². The number of hydrogen-bond acceptors (Lipinski definition) is 3. The van der Waals surface area contributed by atoms with Crippen molar-refractivity contribution in [2.75, 3.05) is 12.3 Å². The molecule has 110 valence electrons. The van der Waals surface area contributed by atoms with Crippen molar-refractivity contribution >= 4 is 16.3 Å². The van der Waals surface area contributed by atoms with Crippen molar-refractivity contribution in [1.29, 1.82) is 0 Å². The molecule has 1 aromatic heterocycles. The number of aryl methyl sites for hydroxylation is 1. The number of nitrogens with two attached hydrogens (primary N) is 1. The Labute approximate surface area is 130 Å². The quantitative estimate of drug-likeness (QED) is 0.821. The molecule has 3 rings (SSSR count). The van der Waals surface area contributed by atoms with E-state index >= 15 is 0 Å². The minimum absolute atomic E-state index is 0.565. The van der Waals surface area contributed by atoms with Crippen molar-refractivity contribution < 1.29 is 4.74 Å². The van der Waals surface area contributed by atoms with E-state index in [1.165, 1.54) is 40.8 Å². The van der Waals surface area contributed by atoms with Crippen LogP contribution in [0.1, 0.15) is 30.2 Å². The van der Waals surface area contributed by atoms with Crippen molar-refractivity contribution in [2.24, 2.45) is 0 Å². The van der Waals surface area contributed by atoms with E-state index in [-0.39, 0.29) is 0 Å². The van der Waals surface area contributed by atoms with Crippen LogP contribution < -0.4 is 10.5 Å². The number of fused-ring (bicyclic) bond motifs is 1. The predicted molar refractivity (Wildman–Crippen MR) is 91.1 cm³/mol. The Kier molecular flexibility index (Phi) is 4.02. The number of thiophene rings is 1. The lowest BCUT2D eigenvalue weighted by molar-refractivity contribution is 0.353. The van der Waals surface area contributed by atoms with Gasteiger partial charge in [-0.25, -0.2) is 0 Å². The zero-order valence-electron chi connectivity index (χ0n) is 12.4. The van der Waals surface area contributed by atoms with Gasteiger partial charge in [0.1, 0.15) is 12.4 Å². The second-order valence-corrected chi connectivity index (χ2v) is 6.86. The monoisotopic (exact) mass is 299 g/mol. The predicted octanol–water partition coefficient (Wildman–Crippen LogP) is 4.83. The number of hydrogen-bond donors (Lipinski definition) is 1. The summed E-state index contributed by atoms with van der Waals surface area (Å²) < 4.78 is 5.65. The highest BCUT2D eigenvalue weighted by Crippen LogP contribution is 2.42. The molecular formula is C18H21NOS. The van der Waals surface area contributed by atoms with Crippen LogP contribution in [0.2, 0.25) is 0 Å². The summed E-state index contributed by atoms with van der Waals surface area (Å²) in [6, 6.07) is 8.26. The number of rotatable bonds is 4. The van der Waals surface area contributed by atoms with E-state index in [0.717, 1.165) is 22.7 Å². The molecule has 0 saturated carbocycles. The average Bonchev–Trinajstić information content (AvgIpc) is 2.81. The maximum absolute atomic E-state index is 6.27. The van der Waals surface area contributed by atoms with Crippen LogP contribution in [0.3, 0.4) is 0 Å². The fourth-order valence-corrected chi connectivity index (χ4v) is 4.01. The SMILES string of the molecule is C=C(C)COc1ccc(-c2c(N)sc3c2CCCC3)cc1. The van der Waals surface area contributed by atoms with Crippen molar-refractivity contribution in [3.8, 4) is 16.9 Å². The van der Waals surface area contributed by atoms with E-state index in [1.807, 2.05) is 19.1 Å². The van der Waals surface area contributed by atoms with Crippen LogP contribution in [0.4, 0.5) is 5.00 Å². The highest BCUT2D eigenvalue weighted by molar-refractivity contribution is 7.16. The van der Waals surface area contributed by atoms with Gasteiger partial charge in [0.05, 0.1) is 5.00 Å². The van der Waals surface area contributed by atoms with E-state index < -0.39 is 0 Å². The molecule has 0 spiro atoms. The van der Waals surface area contributed by atoms with Crippen molar-refractivity contribution in [1.82, 2.24) is 0 Å². The van der Waals surface area contributed by atoms with E-state index in [2.05, 4.69) is 18.7 Å². The first-order valence-electron chi connectivity index (χ1n) is 7.43. The molecule has 0 unspecified atom stereocenters. The normalized spacial score (nSPS) is 13.8. The maximum atomic E-state index is 6.27. The lowest BCUT2D eigenvalue weighted by Gasteiger charge is -2.13. The van der Waals surface area contributed by atoms with Gasteiger partial charge >= 0.3 is 0 Å². The molecule has 2 N–H and O–H groups in total. The molecule has 1 heterocycles. The Balaban J connectivity index is 1.87. The molecule has 0 radical (unpaired) electrons. The fraction of sp³-hybridized carbons (Fsp3) is 0.333. The highest BCUT2D eigenvalue weighted by Gasteiger charge is 2.20. The molecule has 0 saturated heterocycles. The number of benzene rings is 1. The maximum Gasteiger partial charge on any atom is 0.119 e. The van der Waals surface area contributed by atoms with Gasteiger partial charge in [0, 0.05) is 10.4 Å². The lowest BCUT2D eigenvalue weighted by Crippen LogP contribution is -2.00. The van der Waals surface area contributed by atoms with E-state index in [1.54, 1.807) is 11.3 Å². The molecule has 0 aliphatic heterocycles. The first kappa shape index (κ1) is 14.2. The molecule has 2 nitrogen and oxygen atoms in total. The number of ether oxygens (including phenoxy) is 1. The van der Waals surface area contributed by atoms with Crippen LogP contribution in [-0.4, -0.2) is 6.61 Å². The Morgan fingerprint density at radius 3 is 2.67 bits per heavy atom. The molecule has 0 atom stereocenters. The minimum Gasteiger partial charge on any atom is -0.489 e. The van der Waals surface area contributed by atoms with Gasteiger partial charge in [-0.2, -0.15) is 0 Å². The third-order valence-corrected chi connectivity index (χ3v) is 4.95. The second kappa shape index (κ2) is 5.94. The largest absolute Gasteiger partial charge is 0.489 e. The summed E-state index contributed by atoms with van der Waals surface area (Å²) in [7, 11) is 0. The summed E-state index contributed by atoms with van der Waals surface area (Å²) in [5.74, 6) is 0.879. The van der Waals surface area contributed by atoms with Gasteiger partial charge < -0.3 is 10.5 Å². The van der Waals surface area contributed by atoms with Crippen molar-refractivity contribution in [3.05, 3.63) is 46.9 Å². The Morgan fingerprint density at radius 2 is 1.95 bits per heavy atom. The van der Waals surface area contributed by atoms with Crippen molar-refractivity contribution in [3.63, 3.8) is 0 Å². The Hall–Kier alpha value is -1.74. The third kappa shape index (κ3) is 2.98. The summed E-state index contributed by atoms with van der Waals surface area (Å²) in [6.07, 6.45) is 4.91. The minimum atomic E-state index is 0.565. The van der Waals surface area contributed by atoms with Crippen LogP contribution in [0.25, 0.3) is 11.1 Å².